The third-order valence-electron chi connectivity index (χ3n) is 5.08. The Morgan fingerprint density at radius 3 is 2.92 bits per heavy atom. The highest BCUT2D eigenvalue weighted by atomic mass is 16.5. The van der Waals surface area contributed by atoms with Crippen LogP contribution < -0.4 is 0 Å². The Labute approximate surface area is 146 Å². The highest BCUT2D eigenvalue weighted by Gasteiger charge is 2.45. The lowest BCUT2D eigenvalue weighted by molar-refractivity contribution is -0.157. The fourth-order valence-electron chi connectivity index (χ4n) is 3.94. The van der Waals surface area contributed by atoms with E-state index in [1.54, 1.807) is 19.1 Å². The number of piperazine rings is 1. The molecule has 6 heteroatoms. The van der Waals surface area contributed by atoms with Crippen LogP contribution >= 0.6 is 0 Å². The zero-order valence-electron chi connectivity index (χ0n) is 14.4. The maximum Gasteiger partial charge on any atom is 0.245 e. The Morgan fingerprint density at radius 2 is 2.12 bits per heavy atom. The lowest BCUT2D eigenvalue weighted by Gasteiger charge is -2.45. The zero-order chi connectivity index (χ0) is 17.6. The number of nitrogens with zero attached hydrogens (tertiary/aromatic N) is 2. The summed E-state index contributed by atoms with van der Waals surface area (Å²) in [6.07, 6.45) is 4.40. The van der Waals surface area contributed by atoms with Gasteiger partial charge < -0.3 is 19.5 Å². The first kappa shape index (κ1) is 15.9. The Kier molecular flexibility index (Phi) is 3.84. The van der Waals surface area contributed by atoms with Gasteiger partial charge in [-0.25, -0.2) is 0 Å². The van der Waals surface area contributed by atoms with E-state index >= 15 is 0 Å². The molecule has 2 amide bonds. The summed E-state index contributed by atoms with van der Waals surface area (Å²) in [6.45, 7) is 0.589. The molecule has 1 fully saturated rings. The van der Waals surface area contributed by atoms with Crippen LogP contribution in [0.2, 0.25) is 0 Å². The summed E-state index contributed by atoms with van der Waals surface area (Å²) in [5.41, 5.74) is 3.15. The molecule has 0 saturated carbocycles. The van der Waals surface area contributed by atoms with Crippen molar-refractivity contribution in [2.75, 3.05) is 27.3 Å². The minimum atomic E-state index is -0.449. The van der Waals surface area contributed by atoms with Gasteiger partial charge >= 0.3 is 0 Å². The third kappa shape index (κ3) is 2.44. The third-order valence-corrected chi connectivity index (χ3v) is 5.08. The molecule has 2 aromatic rings. The van der Waals surface area contributed by atoms with Gasteiger partial charge in [-0.2, -0.15) is 0 Å². The number of amides is 2. The predicted octanol–water partition coefficient (Wildman–Crippen LogP) is 1.64. The van der Waals surface area contributed by atoms with E-state index in [1.807, 2.05) is 30.4 Å². The van der Waals surface area contributed by atoms with Crippen LogP contribution in [0.1, 0.15) is 17.3 Å². The first-order valence-electron chi connectivity index (χ1n) is 8.43. The second-order valence-electron chi connectivity index (χ2n) is 6.61. The summed E-state index contributed by atoms with van der Waals surface area (Å²) in [5, 5.41) is 1.12. The lowest BCUT2D eigenvalue weighted by atomic mass is 9.89. The lowest BCUT2D eigenvalue weighted by Crippen LogP contribution is -2.61. The molecule has 6 nitrogen and oxygen atoms in total. The van der Waals surface area contributed by atoms with Gasteiger partial charge in [-0.05, 0) is 11.6 Å². The Hall–Kier alpha value is -2.60. The van der Waals surface area contributed by atoms with Crippen LogP contribution in [-0.2, 0) is 20.7 Å². The zero-order valence-corrected chi connectivity index (χ0v) is 14.4. The molecule has 2 aliphatic heterocycles. The molecular formula is C19H21N3O3. The highest BCUT2D eigenvalue weighted by Crippen LogP contribution is 2.39. The largest absolute Gasteiger partial charge is 0.381 e. The number of hydrogen-bond acceptors (Lipinski definition) is 3. The van der Waals surface area contributed by atoms with Gasteiger partial charge in [0.2, 0.25) is 11.8 Å². The first-order valence-corrected chi connectivity index (χ1v) is 8.43. The van der Waals surface area contributed by atoms with Crippen LogP contribution in [0, 0.1) is 0 Å². The van der Waals surface area contributed by atoms with Crippen molar-refractivity contribution < 1.29 is 14.3 Å². The molecule has 3 heterocycles. The summed E-state index contributed by atoms with van der Waals surface area (Å²) < 4.78 is 5.11. The van der Waals surface area contributed by atoms with E-state index in [4.69, 9.17) is 4.74 Å². The maximum absolute atomic E-state index is 12.7. The van der Waals surface area contributed by atoms with Gasteiger partial charge in [0.05, 0.1) is 19.2 Å². The van der Waals surface area contributed by atoms with Crippen LogP contribution in [0.15, 0.2) is 36.4 Å². The number of fused-ring (bicyclic) bond motifs is 4. The van der Waals surface area contributed by atoms with Crippen molar-refractivity contribution in [1.82, 2.24) is 14.8 Å². The smallest absolute Gasteiger partial charge is 0.245 e. The normalized spacial score (nSPS) is 23.4. The summed E-state index contributed by atoms with van der Waals surface area (Å²) in [6, 6.07) is 7.35. The monoisotopic (exact) mass is 339 g/mol. The molecule has 1 aromatic carbocycles. The van der Waals surface area contributed by atoms with E-state index in [0.717, 1.165) is 22.2 Å². The van der Waals surface area contributed by atoms with E-state index in [-0.39, 0.29) is 24.4 Å². The second kappa shape index (κ2) is 6.04. The molecule has 4 rings (SSSR count). The molecule has 1 saturated heterocycles. The second-order valence-corrected chi connectivity index (χ2v) is 6.61. The van der Waals surface area contributed by atoms with Crippen molar-refractivity contribution in [1.29, 1.82) is 0 Å². The number of carbonyl (C=O) groups excluding carboxylic acids is 2. The van der Waals surface area contributed by atoms with E-state index < -0.39 is 6.04 Å². The predicted molar refractivity (Wildman–Crippen MR) is 94.0 cm³/mol. The molecule has 25 heavy (non-hydrogen) atoms. The standard InChI is InChI=1S/C19H21N3O3/c1-21-11-17(23)22-15(8-5-9-25-2)18-13(10-16(22)19(21)24)12-6-3-4-7-14(12)20-18/h3-8,15-16,20H,9-11H2,1-2H3/b8-5+. The first-order chi connectivity index (χ1) is 12.1. The minimum absolute atomic E-state index is 0.000623. The minimum Gasteiger partial charge on any atom is -0.381 e. The van der Waals surface area contributed by atoms with E-state index in [0.29, 0.717) is 13.0 Å². The molecule has 130 valence electrons. The molecule has 0 radical (unpaired) electrons. The van der Waals surface area contributed by atoms with Crippen molar-refractivity contribution in [2.24, 2.45) is 0 Å². The number of hydrogen-bond donors (Lipinski definition) is 1. The van der Waals surface area contributed by atoms with Gasteiger partial charge in [0.15, 0.2) is 0 Å². The highest BCUT2D eigenvalue weighted by molar-refractivity contribution is 5.97. The van der Waals surface area contributed by atoms with Crippen LogP contribution in [0.5, 0.6) is 0 Å². The maximum atomic E-state index is 12.7. The van der Waals surface area contributed by atoms with Gasteiger partial charge in [0.1, 0.15) is 6.04 Å². The van der Waals surface area contributed by atoms with Gasteiger partial charge in [-0.15, -0.1) is 0 Å². The molecule has 0 bridgehead atoms. The van der Waals surface area contributed by atoms with Crippen LogP contribution in [0.4, 0.5) is 0 Å². The van der Waals surface area contributed by atoms with Crippen LogP contribution in [-0.4, -0.2) is 59.9 Å². The summed E-state index contributed by atoms with van der Waals surface area (Å²) >= 11 is 0. The topological polar surface area (TPSA) is 65.6 Å². The molecule has 0 spiro atoms. The van der Waals surface area contributed by atoms with Gasteiger partial charge in [0.25, 0.3) is 0 Å². The number of aromatic nitrogens is 1. The molecule has 1 aromatic heterocycles. The van der Waals surface area contributed by atoms with E-state index in [9.17, 15) is 9.59 Å². The molecule has 2 atom stereocenters. The average Bonchev–Trinajstić information content (AvgIpc) is 2.98. The summed E-state index contributed by atoms with van der Waals surface area (Å²) in [7, 11) is 3.32. The van der Waals surface area contributed by atoms with Crippen molar-refractivity contribution in [3.63, 3.8) is 0 Å². The number of benzene rings is 1. The van der Waals surface area contributed by atoms with E-state index in [2.05, 4.69) is 11.1 Å². The van der Waals surface area contributed by atoms with Crippen molar-refractivity contribution in [2.45, 2.75) is 18.5 Å². The summed E-state index contributed by atoms with van der Waals surface area (Å²) in [5.74, 6) is -0.0239. The van der Waals surface area contributed by atoms with Crippen molar-refractivity contribution in [3.8, 4) is 0 Å². The quantitative estimate of drug-likeness (QED) is 0.865. The molecule has 1 N–H and O–H groups in total. The summed E-state index contributed by atoms with van der Waals surface area (Å²) in [4.78, 5) is 32.1. The Morgan fingerprint density at radius 1 is 1.32 bits per heavy atom. The number of methoxy groups -OCH3 is 1. The van der Waals surface area contributed by atoms with Gasteiger partial charge in [-0.3, -0.25) is 9.59 Å². The fourth-order valence-corrected chi connectivity index (χ4v) is 3.94. The number of para-hydroxylation sites is 1. The van der Waals surface area contributed by atoms with Crippen molar-refractivity contribution in [3.05, 3.63) is 47.7 Å². The number of H-pyrrole nitrogens is 1. The molecule has 0 aliphatic carbocycles. The Balaban J connectivity index is 1.87. The van der Waals surface area contributed by atoms with Gasteiger partial charge in [-0.1, -0.05) is 30.4 Å². The number of carbonyl (C=O) groups is 2. The number of likely N-dealkylation sites (N-methyl/N-ethyl adjacent to an activating group) is 1. The average molecular weight is 339 g/mol. The van der Waals surface area contributed by atoms with Crippen LogP contribution in [0.25, 0.3) is 10.9 Å². The fraction of sp³-hybridized carbons (Fsp3) is 0.368. The molecule has 2 unspecified atom stereocenters. The number of aromatic amines is 1. The van der Waals surface area contributed by atoms with Crippen LogP contribution in [0.3, 0.4) is 0 Å². The van der Waals surface area contributed by atoms with E-state index in [1.165, 1.54) is 4.90 Å². The van der Waals surface area contributed by atoms with Gasteiger partial charge in [0, 0.05) is 37.2 Å². The SMILES string of the molecule is COC/C=C/C1c2[nH]c3ccccc3c2CC2C(=O)N(C)CC(=O)N21. The van der Waals surface area contributed by atoms with Crippen molar-refractivity contribution >= 4 is 22.7 Å². The molecule has 2 aliphatic rings. The number of nitrogens with one attached hydrogen (secondary N) is 1. The molecular weight excluding hydrogens is 318 g/mol. The Bertz CT molecular complexity index is 870. The number of ether oxygens (including phenoxy) is 1. The number of rotatable bonds is 3.